The van der Waals surface area contributed by atoms with Gasteiger partial charge >= 0.3 is 5.97 Å². The van der Waals surface area contributed by atoms with Gasteiger partial charge in [0.15, 0.2) is 0 Å². The van der Waals surface area contributed by atoms with Crippen molar-refractivity contribution in [2.75, 3.05) is 12.0 Å². The number of carboxylic acid groups (broad SMARTS) is 1. The summed E-state index contributed by atoms with van der Waals surface area (Å²) < 4.78 is 0. The first-order chi connectivity index (χ1) is 12.0. The fraction of sp³-hybridized carbons (Fsp3) is 0.263. The van der Waals surface area contributed by atoms with E-state index in [-0.39, 0.29) is 18.1 Å². The van der Waals surface area contributed by atoms with Crippen LogP contribution in [0.2, 0.25) is 0 Å². The second kappa shape index (κ2) is 9.53. The molecule has 2 rings (SSSR count). The smallest absolute Gasteiger partial charge is 0.305 e. The molecule has 0 aliphatic rings. The summed E-state index contributed by atoms with van der Waals surface area (Å²) in [4.78, 5) is 25.6. The summed E-state index contributed by atoms with van der Waals surface area (Å²) in [6, 6.07) is 14.9. The number of hydrogen-bond donors (Lipinski definition) is 2. The Morgan fingerprint density at radius 1 is 1.12 bits per heavy atom. The van der Waals surface area contributed by atoms with Gasteiger partial charge in [-0.3, -0.25) is 9.59 Å². The van der Waals surface area contributed by atoms with E-state index in [1.807, 2.05) is 61.7 Å². The van der Waals surface area contributed by atoms with Gasteiger partial charge < -0.3 is 10.4 Å². The van der Waals surface area contributed by atoms with Crippen molar-refractivity contribution in [3.63, 3.8) is 0 Å². The molecule has 0 heterocycles. The molecular formula is C19H21NO3S2. The highest BCUT2D eigenvalue weighted by Crippen LogP contribution is 2.24. The van der Waals surface area contributed by atoms with E-state index < -0.39 is 12.0 Å². The van der Waals surface area contributed by atoms with Gasteiger partial charge in [0, 0.05) is 9.79 Å². The van der Waals surface area contributed by atoms with Crippen LogP contribution in [0.25, 0.3) is 0 Å². The zero-order chi connectivity index (χ0) is 18.2. The van der Waals surface area contributed by atoms with E-state index in [4.69, 9.17) is 5.11 Å². The van der Waals surface area contributed by atoms with Crippen LogP contribution >= 0.6 is 23.5 Å². The molecule has 25 heavy (non-hydrogen) atoms. The van der Waals surface area contributed by atoms with Gasteiger partial charge in [0.2, 0.25) is 5.91 Å². The minimum Gasteiger partial charge on any atom is -0.481 e. The van der Waals surface area contributed by atoms with Crippen molar-refractivity contribution in [2.24, 2.45) is 0 Å². The topological polar surface area (TPSA) is 66.4 Å². The predicted octanol–water partition coefficient (Wildman–Crippen LogP) is 4.14. The summed E-state index contributed by atoms with van der Waals surface area (Å²) in [7, 11) is 0. The quantitative estimate of drug-likeness (QED) is 0.679. The van der Waals surface area contributed by atoms with Gasteiger partial charge in [0.25, 0.3) is 0 Å². The van der Waals surface area contributed by atoms with Crippen LogP contribution in [-0.4, -0.2) is 29.0 Å². The standard InChI is InChI=1S/C19H21NO3S2/c1-13-5-3-4-6-17(13)25-12-18(21)20-16(11-19(22)23)14-7-9-15(24-2)10-8-14/h3-10,16H,11-12H2,1-2H3,(H,20,21)(H,22,23). The predicted molar refractivity (Wildman–Crippen MR) is 103 cm³/mol. The molecule has 1 unspecified atom stereocenters. The first-order valence-electron chi connectivity index (χ1n) is 7.83. The number of amides is 1. The zero-order valence-electron chi connectivity index (χ0n) is 14.2. The second-order valence-electron chi connectivity index (χ2n) is 5.55. The maximum Gasteiger partial charge on any atom is 0.305 e. The summed E-state index contributed by atoms with van der Waals surface area (Å²) in [5.74, 6) is -0.858. The van der Waals surface area contributed by atoms with E-state index >= 15 is 0 Å². The van der Waals surface area contributed by atoms with Crippen molar-refractivity contribution in [3.8, 4) is 0 Å². The van der Waals surface area contributed by atoms with Crippen LogP contribution in [0.4, 0.5) is 0 Å². The number of aryl methyl sites for hydroxylation is 1. The lowest BCUT2D eigenvalue weighted by molar-refractivity contribution is -0.137. The number of benzene rings is 2. The molecule has 1 amide bonds. The van der Waals surface area contributed by atoms with E-state index in [1.165, 1.54) is 11.8 Å². The van der Waals surface area contributed by atoms with E-state index in [0.29, 0.717) is 0 Å². The van der Waals surface area contributed by atoms with Crippen molar-refractivity contribution in [2.45, 2.75) is 29.2 Å². The number of carbonyl (C=O) groups is 2. The van der Waals surface area contributed by atoms with Crippen LogP contribution in [-0.2, 0) is 9.59 Å². The number of hydrogen-bond acceptors (Lipinski definition) is 4. The molecule has 2 aromatic rings. The zero-order valence-corrected chi connectivity index (χ0v) is 15.8. The van der Waals surface area contributed by atoms with Crippen LogP contribution in [0.5, 0.6) is 0 Å². The minimum atomic E-state index is -0.939. The Kier molecular flexibility index (Phi) is 7.40. The molecule has 0 spiro atoms. The Balaban J connectivity index is 2.01. The summed E-state index contributed by atoms with van der Waals surface area (Å²) in [5.41, 5.74) is 1.92. The molecule has 2 N–H and O–H groups in total. The Morgan fingerprint density at radius 3 is 2.40 bits per heavy atom. The number of carboxylic acids is 1. The highest BCUT2D eigenvalue weighted by Gasteiger charge is 2.18. The van der Waals surface area contributed by atoms with Crippen LogP contribution in [0.1, 0.15) is 23.6 Å². The maximum atomic E-state index is 12.3. The molecule has 0 aromatic heterocycles. The SMILES string of the molecule is CSc1ccc(C(CC(=O)O)NC(=O)CSc2ccccc2C)cc1. The monoisotopic (exact) mass is 375 g/mol. The molecule has 0 radical (unpaired) electrons. The molecular weight excluding hydrogens is 354 g/mol. The van der Waals surface area contributed by atoms with Crippen molar-refractivity contribution < 1.29 is 14.7 Å². The molecule has 4 nitrogen and oxygen atoms in total. The number of thioether (sulfide) groups is 2. The van der Waals surface area contributed by atoms with Crippen molar-refractivity contribution in [1.29, 1.82) is 0 Å². The molecule has 0 bridgehead atoms. The van der Waals surface area contributed by atoms with E-state index in [2.05, 4.69) is 5.32 Å². The number of rotatable bonds is 8. The molecule has 0 aliphatic carbocycles. The van der Waals surface area contributed by atoms with E-state index in [0.717, 1.165) is 20.9 Å². The van der Waals surface area contributed by atoms with Gasteiger partial charge in [-0.05, 0) is 42.5 Å². The van der Waals surface area contributed by atoms with Crippen LogP contribution in [0, 0.1) is 6.92 Å². The lowest BCUT2D eigenvalue weighted by Crippen LogP contribution is -2.31. The Labute approximate surface area is 156 Å². The molecule has 0 fully saturated rings. The number of nitrogens with one attached hydrogen (secondary N) is 1. The molecule has 132 valence electrons. The highest BCUT2D eigenvalue weighted by atomic mass is 32.2. The minimum absolute atomic E-state index is 0.139. The fourth-order valence-electron chi connectivity index (χ4n) is 2.36. The first kappa shape index (κ1) is 19.4. The maximum absolute atomic E-state index is 12.3. The molecule has 0 aliphatic heterocycles. The number of aliphatic carboxylic acids is 1. The largest absolute Gasteiger partial charge is 0.481 e. The Morgan fingerprint density at radius 2 is 1.80 bits per heavy atom. The fourth-order valence-corrected chi connectivity index (χ4v) is 3.61. The summed E-state index contributed by atoms with van der Waals surface area (Å²) in [5, 5.41) is 12.0. The molecule has 0 saturated carbocycles. The lowest BCUT2D eigenvalue weighted by atomic mass is 10.0. The van der Waals surface area contributed by atoms with Gasteiger partial charge in [-0.1, -0.05) is 30.3 Å². The average Bonchev–Trinajstić information content (AvgIpc) is 2.60. The number of carbonyl (C=O) groups excluding carboxylic acids is 1. The summed E-state index contributed by atoms with van der Waals surface area (Å²) >= 11 is 3.07. The van der Waals surface area contributed by atoms with Crippen LogP contribution in [0.3, 0.4) is 0 Å². The van der Waals surface area contributed by atoms with Gasteiger partial charge in [-0.15, -0.1) is 23.5 Å². The van der Waals surface area contributed by atoms with E-state index in [9.17, 15) is 9.59 Å². The molecule has 1 atom stereocenters. The van der Waals surface area contributed by atoms with Crippen molar-refractivity contribution in [1.82, 2.24) is 5.32 Å². The third-order valence-corrected chi connectivity index (χ3v) is 5.60. The second-order valence-corrected chi connectivity index (χ2v) is 7.44. The van der Waals surface area contributed by atoms with Gasteiger partial charge in [0.05, 0.1) is 18.2 Å². The third kappa shape index (κ3) is 6.14. The lowest BCUT2D eigenvalue weighted by Gasteiger charge is -2.18. The summed E-state index contributed by atoms with van der Waals surface area (Å²) in [6.07, 6.45) is 1.84. The van der Waals surface area contributed by atoms with Gasteiger partial charge in [0.1, 0.15) is 0 Å². The Hall–Kier alpha value is -1.92. The van der Waals surface area contributed by atoms with Gasteiger partial charge in [-0.25, -0.2) is 0 Å². The van der Waals surface area contributed by atoms with Crippen molar-refractivity contribution in [3.05, 3.63) is 59.7 Å². The first-order valence-corrected chi connectivity index (χ1v) is 10.0. The highest BCUT2D eigenvalue weighted by molar-refractivity contribution is 8.00. The molecule has 2 aromatic carbocycles. The van der Waals surface area contributed by atoms with Gasteiger partial charge in [-0.2, -0.15) is 0 Å². The van der Waals surface area contributed by atoms with Crippen molar-refractivity contribution >= 4 is 35.4 Å². The molecule has 6 heteroatoms. The van der Waals surface area contributed by atoms with E-state index in [1.54, 1.807) is 11.8 Å². The normalized spacial score (nSPS) is 11.8. The Bertz CT molecular complexity index is 732. The molecule has 0 saturated heterocycles. The average molecular weight is 376 g/mol. The van der Waals surface area contributed by atoms with Crippen LogP contribution < -0.4 is 5.32 Å². The summed E-state index contributed by atoms with van der Waals surface area (Å²) in [6.45, 7) is 2.00. The third-order valence-electron chi connectivity index (χ3n) is 3.68. The van der Waals surface area contributed by atoms with Crippen LogP contribution in [0.15, 0.2) is 58.3 Å².